The SMILES string of the molecule is COC(C)CCC(=O)N1CCC(C)CC1CN. The van der Waals surface area contributed by atoms with E-state index in [0.29, 0.717) is 18.9 Å². The molecule has 1 aliphatic heterocycles. The van der Waals surface area contributed by atoms with Crippen LogP contribution in [0.3, 0.4) is 0 Å². The number of hydrogen-bond donors (Lipinski definition) is 1. The first-order valence-corrected chi connectivity index (χ1v) is 6.60. The minimum absolute atomic E-state index is 0.152. The molecule has 0 aliphatic carbocycles. The summed E-state index contributed by atoms with van der Waals surface area (Å²) in [7, 11) is 1.68. The fourth-order valence-corrected chi connectivity index (χ4v) is 2.39. The normalized spacial score (nSPS) is 26.9. The molecule has 1 amide bonds. The molecule has 1 aliphatic rings. The number of methoxy groups -OCH3 is 1. The van der Waals surface area contributed by atoms with Crippen LogP contribution in [0.1, 0.15) is 39.5 Å². The van der Waals surface area contributed by atoms with Gasteiger partial charge in [-0.1, -0.05) is 6.92 Å². The van der Waals surface area contributed by atoms with Crippen molar-refractivity contribution in [1.29, 1.82) is 0 Å². The van der Waals surface area contributed by atoms with Crippen molar-refractivity contribution in [3.8, 4) is 0 Å². The number of nitrogens with zero attached hydrogens (tertiary/aromatic N) is 1. The first kappa shape index (κ1) is 14.5. The van der Waals surface area contributed by atoms with E-state index in [1.807, 2.05) is 11.8 Å². The predicted molar refractivity (Wildman–Crippen MR) is 68.7 cm³/mol. The summed E-state index contributed by atoms with van der Waals surface area (Å²) in [5.41, 5.74) is 5.76. The van der Waals surface area contributed by atoms with E-state index in [4.69, 9.17) is 10.5 Å². The average Bonchev–Trinajstić information content (AvgIpc) is 2.35. The molecule has 100 valence electrons. The Morgan fingerprint density at radius 3 is 2.88 bits per heavy atom. The van der Waals surface area contributed by atoms with Crippen molar-refractivity contribution in [2.24, 2.45) is 11.7 Å². The molecule has 3 atom stereocenters. The number of likely N-dealkylation sites (tertiary alicyclic amines) is 1. The zero-order valence-electron chi connectivity index (χ0n) is 11.3. The first-order valence-electron chi connectivity index (χ1n) is 6.60. The molecule has 0 radical (unpaired) electrons. The number of carbonyl (C=O) groups excluding carboxylic acids is 1. The molecule has 0 saturated carbocycles. The van der Waals surface area contributed by atoms with Gasteiger partial charge < -0.3 is 15.4 Å². The summed E-state index contributed by atoms with van der Waals surface area (Å²) < 4.78 is 5.16. The second-order valence-electron chi connectivity index (χ2n) is 5.19. The molecule has 1 saturated heterocycles. The second kappa shape index (κ2) is 6.97. The highest BCUT2D eigenvalue weighted by Crippen LogP contribution is 2.22. The summed E-state index contributed by atoms with van der Waals surface area (Å²) in [6, 6.07) is 0.240. The molecular weight excluding hydrogens is 216 g/mol. The summed E-state index contributed by atoms with van der Waals surface area (Å²) in [6.07, 6.45) is 3.65. The smallest absolute Gasteiger partial charge is 0.222 e. The molecule has 1 heterocycles. The van der Waals surface area contributed by atoms with E-state index >= 15 is 0 Å². The van der Waals surface area contributed by atoms with E-state index in [-0.39, 0.29) is 18.1 Å². The Balaban J connectivity index is 2.44. The standard InChI is InChI=1S/C13H26N2O2/c1-10-6-7-15(12(8-10)9-14)13(16)5-4-11(2)17-3/h10-12H,4-9,14H2,1-3H3. The van der Waals surface area contributed by atoms with Gasteiger partial charge >= 0.3 is 0 Å². The minimum atomic E-state index is 0.152. The van der Waals surface area contributed by atoms with Gasteiger partial charge in [-0.15, -0.1) is 0 Å². The molecule has 0 aromatic heterocycles. The lowest BCUT2D eigenvalue weighted by atomic mass is 9.92. The summed E-state index contributed by atoms with van der Waals surface area (Å²) in [5, 5.41) is 0. The number of carbonyl (C=O) groups is 1. The average molecular weight is 242 g/mol. The van der Waals surface area contributed by atoms with Gasteiger partial charge in [0, 0.05) is 32.7 Å². The van der Waals surface area contributed by atoms with Gasteiger partial charge in [0.05, 0.1) is 6.10 Å². The van der Waals surface area contributed by atoms with Crippen molar-refractivity contribution in [3.63, 3.8) is 0 Å². The lowest BCUT2D eigenvalue weighted by molar-refractivity contribution is -0.135. The fourth-order valence-electron chi connectivity index (χ4n) is 2.39. The molecular formula is C13H26N2O2. The summed E-state index contributed by atoms with van der Waals surface area (Å²) in [5.74, 6) is 0.918. The molecule has 1 rings (SSSR count). The zero-order chi connectivity index (χ0) is 12.8. The van der Waals surface area contributed by atoms with Crippen LogP contribution in [0.25, 0.3) is 0 Å². The van der Waals surface area contributed by atoms with Gasteiger partial charge in [0.25, 0.3) is 0 Å². The van der Waals surface area contributed by atoms with E-state index in [2.05, 4.69) is 6.92 Å². The summed E-state index contributed by atoms with van der Waals surface area (Å²) in [6.45, 7) is 5.67. The van der Waals surface area contributed by atoms with Crippen LogP contribution in [-0.4, -0.2) is 43.2 Å². The van der Waals surface area contributed by atoms with Crippen LogP contribution in [0, 0.1) is 5.92 Å². The number of amides is 1. The Morgan fingerprint density at radius 1 is 1.59 bits per heavy atom. The van der Waals surface area contributed by atoms with Crippen LogP contribution in [-0.2, 0) is 9.53 Å². The predicted octanol–water partition coefficient (Wildman–Crippen LogP) is 1.39. The van der Waals surface area contributed by atoms with E-state index in [1.54, 1.807) is 7.11 Å². The van der Waals surface area contributed by atoms with Gasteiger partial charge in [-0.2, -0.15) is 0 Å². The van der Waals surface area contributed by atoms with Crippen LogP contribution >= 0.6 is 0 Å². The van der Waals surface area contributed by atoms with Crippen molar-refractivity contribution in [3.05, 3.63) is 0 Å². The molecule has 4 nitrogen and oxygen atoms in total. The number of rotatable bonds is 5. The Kier molecular flexibility index (Phi) is 5.92. The highest BCUT2D eigenvalue weighted by molar-refractivity contribution is 5.76. The topological polar surface area (TPSA) is 55.6 Å². The van der Waals surface area contributed by atoms with Crippen LogP contribution in [0.5, 0.6) is 0 Å². The summed E-state index contributed by atoms with van der Waals surface area (Å²) in [4.78, 5) is 14.1. The van der Waals surface area contributed by atoms with E-state index in [9.17, 15) is 4.79 Å². The molecule has 3 unspecified atom stereocenters. The van der Waals surface area contributed by atoms with Gasteiger partial charge in [0.2, 0.25) is 5.91 Å². The molecule has 0 spiro atoms. The maximum atomic E-state index is 12.1. The van der Waals surface area contributed by atoms with Crippen LogP contribution in [0.2, 0.25) is 0 Å². The van der Waals surface area contributed by atoms with Crippen molar-refractivity contribution in [2.75, 3.05) is 20.2 Å². The molecule has 0 bridgehead atoms. The third-order valence-corrected chi connectivity index (χ3v) is 3.74. The third-order valence-electron chi connectivity index (χ3n) is 3.74. The zero-order valence-corrected chi connectivity index (χ0v) is 11.3. The van der Waals surface area contributed by atoms with Crippen LogP contribution in [0.4, 0.5) is 0 Å². The number of hydrogen-bond acceptors (Lipinski definition) is 3. The van der Waals surface area contributed by atoms with Crippen molar-refractivity contribution >= 4 is 5.91 Å². The van der Waals surface area contributed by atoms with Gasteiger partial charge in [0.1, 0.15) is 0 Å². The van der Waals surface area contributed by atoms with Crippen LogP contribution in [0.15, 0.2) is 0 Å². The Hall–Kier alpha value is -0.610. The quantitative estimate of drug-likeness (QED) is 0.792. The van der Waals surface area contributed by atoms with Crippen molar-refractivity contribution in [1.82, 2.24) is 4.90 Å². The van der Waals surface area contributed by atoms with Crippen LogP contribution < -0.4 is 5.73 Å². The van der Waals surface area contributed by atoms with E-state index in [0.717, 1.165) is 25.8 Å². The summed E-state index contributed by atoms with van der Waals surface area (Å²) >= 11 is 0. The highest BCUT2D eigenvalue weighted by atomic mass is 16.5. The van der Waals surface area contributed by atoms with Gasteiger partial charge in [-0.05, 0) is 32.1 Å². The van der Waals surface area contributed by atoms with Gasteiger partial charge in [-0.25, -0.2) is 0 Å². The van der Waals surface area contributed by atoms with E-state index < -0.39 is 0 Å². The number of nitrogens with two attached hydrogens (primary N) is 1. The maximum absolute atomic E-state index is 12.1. The maximum Gasteiger partial charge on any atom is 0.222 e. The Bertz CT molecular complexity index is 246. The Morgan fingerprint density at radius 2 is 2.29 bits per heavy atom. The number of piperidine rings is 1. The number of ether oxygens (including phenoxy) is 1. The van der Waals surface area contributed by atoms with Crippen molar-refractivity contribution < 1.29 is 9.53 Å². The monoisotopic (exact) mass is 242 g/mol. The lowest BCUT2D eigenvalue weighted by Crippen LogP contribution is -2.49. The third kappa shape index (κ3) is 4.28. The van der Waals surface area contributed by atoms with Gasteiger partial charge in [-0.3, -0.25) is 4.79 Å². The first-order chi connectivity index (χ1) is 8.08. The molecule has 1 fully saturated rings. The molecule has 0 aromatic rings. The Labute approximate surface area is 104 Å². The minimum Gasteiger partial charge on any atom is -0.382 e. The van der Waals surface area contributed by atoms with E-state index in [1.165, 1.54) is 0 Å². The van der Waals surface area contributed by atoms with Gasteiger partial charge in [0.15, 0.2) is 0 Å². The molecule has 4 heteroatoms. The fraction of sp³-hybridized carbons (Fsp3) is 0.923. The molecule has 2 N–H and O–H groups in total. The lowest BCUT2D eigenvalue weighted by Gasteiger charge is -2.38. The molecule has 17 heavy (non-hydrogen) atoms. The highest BCUT2D eigenvalue weighted by Gasteiger charge is 2.28. The second-order valence-corrected chi connectivity index (χ2v) is 5.19. The van der Waals surface area contributed by atoms with Crippen molar-refractivity contribution in [2.45, 2.75) is 51.7 Å². The largest absolute Gasteiger partial charge is 0.382 e. The molecule has 0 aromatic carbocycles.